The Labute approximate surface area is 87.8 Å². The van der Waals surface area contributed by atoms with Crippen LogP contribution in [0.4, 0.5) is 4.39 Å². The molecule has 0 N–H and O–H groups in total. The van der Waals surface area contributed by atoms with E-state index < -0.39 is 0 Å². The molecule has 1 aliphatic carbocycles. The highest BCUT2D eigenvalue weighted by Crippen LogP contribution is 2.31. The van der Waals surface area contributed by atoms with Crippen molar-refractivity contribution in [1.82, 2.24) is 0 Å². The van der Waals surface area contributed by atoms with Crippen LogP contribution in [0.15, 0.2) is 18.2 Å². The van der Waals surface area contributed by atoms with Crippen LogP contribution in [0, 0.1) is 12.7 Å². The second-order valence-electron chi connectivity index (χ2n) is 3.72. The highest BCUT2D eigenvalue weighted by atomic mass is 35.5. The summed E-state index contributed by atoms with van der Waals surface area (Å²) < 4.78 is 18.4. The number of rotatable bonds is 2. The van der Waals surface area contributed by atoms with Crippen molar-refractivity contribution in [2.45, 2.75) is 31.2 Å². The molecule has 0 bridgehead atoms. The van der Waals surface area contributed by atoms with Crippen LogP contribution in [-0.2, 0) is 0 Å². The van der Waals surface area contributed by atoms with E-state index in [-0.39, 0.29) is 17.3 Å². The molecule has 0 heterocycles. The van der Waals surface area contributed by atoms with Crippen molar-refractivity contribution in [3.05, 3.63) is 29.6 Å². The number of halogens is 2. The van der Waals surface area contributed by atoms with Crippen molar-refractivity contribution >= 4 is 11.6 Å². The van der Waals surface area contributed by atoms with Gasteiger partial charge in [0.2, 0.25) is 0 Å². The van der Waals surface area contributed by atoms with Gasteiger partial charge in [0.1, 0.15) is 17.7 Å². The van der Waals surface area contributed by atoms with Crippen LogP contribution in [0.25, 0.3) is 0 Å². The Kier molecular flexibility index (Phi) is 2.64. The summed E-state index contributed by atoms with van der Waals surface area (Å²) in [5.74, 6) is 0.540. The molecule has 1 aliphatic rings. The van der Waals surface area contributed by atoms with Gasteiger partial charge in [-0.05, 0) is 30.7 Å². The zero-order chi connectivity index (χ0) is 10.1. The quantitative estimate of drug-likeness (QED) is 0.687. The third kappa shape index (κ3) is 2.01. The second-order valence-corrected chi connectivity index (χ2v) is 4.34. The molecule has 1 fully saturated rings. The fourth-order valence-electron chi connectivity index (χ4n) is 1.52. The van der Waals surface area contributed by atoms with E-state index in [4.69, 9.17) is 16.3 Å². The molecule has 1 aromatic carbocycles. The van der Waals surface area contributed by atoms with Gasteiger partial charge < -0.3 is 4.74 Å². The molecule has 1 nitrogen and oxygen atoms in total. The first-order chi connectivity index (χ1) is 6.65. The first-order valence-electron chi connectivity index (χ1n) is 4.72. The summed E-state index contributed by atoms with van der Waals surface area (Å²) in [5.41, 5.74) is 0.836. The monoisotopic (exact) mass is 214 g/mol. The lowest BCUT2D eigenvalue weighted by molar-refractivity contribution is 0.123. The minimum absolute atomic E-state index is 0.210. The van der Waals surface area contributed by atoms with Crippen molar-refractivity contribution in [1.29, 1.82) is 0 Å². The molecule has 0 radical (unpaired) electrons. The van der Waals surface area contributed by atoms with Crippen molar-refractivity contribution < 1.29 is 9.13 Å². The Morgan fingerprint density at radius 1 is 1.43 bits per heavy atom. The van der Waals surface area contributed by atoms with Gasteiger partial charge in [-0.1, -0.05) is 0 Å². The molecule has 2 rings (SSSR count). The van der Waals surface area contributed by atoms with E-state index in [1.54, 1.807) is 6.07 Å². The largest absolute Gasteiger partial charge is 0.490 e. The molecule has 0 aliphatic heterocycles. The summed E-state index contributed by atoms with van der Waals surface area (Å²) in [6.07, 6.45) is 1.98. The lowest BCUT2D eigenvalue weighted by atomic mass is 9.95. The van der Waals surface area contributed by atoms with Crippen LogP contribution < -0.4 is 4.74 Å². The molecule has 76 valence electrons. The van der Waals surface area contributed by atoms with Crippen molar-refractivity contribution in [3.63, 3.8) is 0 Å². The average Bonchev–Trinajstić information content (AvgIpc) is 2.06. The fraction of sp³-hybridized carbons (Fsp3) is 0.455. The Morgan fingerprint density at radius 2 is 2.14 bits per heavy atom. The predicted molar refractivity (Wildman–Crippen MR) is 54.4 cm³/mol. The molecule has 0 atom stereocenters. The second kappa shape index (κ2) is 3.77. The number of benzene rings is 1. The lowest BCUT2D eigenvalue weighted by Gasteiger charge is -2.31. The minimum atomic E-state index is -0.223. The summed E-state index contributed by atoms with van der Waals surface area (Å²) in [6.45, 7) is 1.84. The molecule has 0 spiro atoms. The molecule has 3 heteroatoms. The molecule has 1 aromatic rings. The van der Waals surface area contributed by atoms with Gasteiger partial charge in [-0.25, -0.2) is 4.39 Å². The van der Waals surface area contributed by atoms with E-state index in [9.17, 15) is 4.39 Å². The van der Waals surface area contributed by atoms with Gasteiger partial charge in [-0.2, -0.15) is 0 Å². The topological polar surface area (TPSA) is 9.23 Å². The van der Waals surface area contributed by atoms with E-state index in [1.165, 1.54) is 12.1 Å². The van der Waals surface area contributed by atoms with Gasteiger partial charge in [0.05, 0.1) is 0 Å². The van der Waals surface area contributed by atoms with E-state index in [2.05, 4.69) is 0 Å². The van der Waals surface area contributed by atoms with Gasteiger partial charge in [0.25, 0.3) is 0 Å². The molecule has 14 heavy (non-hydrogen) atoms. The normalized spacial score (nSPS) is 25.6. The highest BCUT2D eigenvalue weighted by molar-refractivity contribution is 6.21. The fourth-order valence-corrected chi connectivity index (χ4v) is 1.92. The first-order valence-corrected chi connectivity index (χ1v) is 5.15. The zero-order valence-electron chi connectivity index (χ0n) is 7.97. The molecular weight excluding hydrogens is 203 g/mol. The van der Waals surface area contributed by atoms with E-state index in [0.717, 1.165) is 24.2 Å². The molecular formula is C11H12ClFO. The number of aryl methyl sites for hydroxylation is 1. The number of hydrogen-bond acceptors (Lipinski definition) is 1. The summed E-state index contributed by atoms with van der Waals surface area (Å²) in [6, 6.07) is 4.57. The van der Waals surface area contributed by atoms with E-state index >= 15 is 0 Å². The van der Waals surface area contributed by atoms with Crippen LogP contribution in [-0.4, -0.2) is 11.5 Å². The minimum Gasteiger partial charge on any atom is -0.490 e. The predicted octanol–water partition coefficient (Wildman–Crippen LogP) is 3.28. The van der Waals surface area contributed by atoms with Gasteiger partial charge >= 0.3 is 0 Å². The average molecular weight is 215 g/mol. The van der Waals surface area contributed by atoms with Crippen LogP contribution in [0.3, 0.4) is 0 Å². The summed E-state index contributed by atoms with van der Waals surface area (Å²) >= 11 is 5.83. The van der Waals surface area contributed by atoms with E-state index in [1.807, 2.05) is 6.92 Å². The standard InChI is InChI=1S/C11H12ClFO/c1-7-4-9(13)2-3-11(7)14-10-5-8(12)6-10/h2-4,8,10H,5-6H2,1H3. The first kappa shape index (κ1) is 9.78. The Bertz CT molecular complexity index is 334. The Hall–Kier alpha value is -0.760. The molecule has 0 aromatic heterocycles. The molecule has 0 saturated heterocycles. The SMILES string of the molecule is Cc1cc(F)ccc1OC1CC(Cl)C1. The van der Waals surface area contributed by atoms with Gasteiger partial charge in [0, 0.05) is 18.2 Å². The number of ether oxygens (including phenoxy) is 1. The summed E-state index contributed by atoms with van der Waals surface area (Å²) in [7, 11) is 0. The molecule has 1 saturated carbocycles. The van der Waals surface area contributed by atoms with Crippen molar-refractivity contribution in [2.75, 3.05) is 0 Å². The number of alkyl halides is 1. The van der Waals surface area contributed by atoms with Crippen LogP contribution in [0.1, 0.15) is 18.4 Å². The maximum Gasteiger partial charge on any atom is 0.123 e. The van der Waals surface area contributed by atoms with Crippen LogP contribution in [0.2, 0.25) is 0 Å². The summed E-state index contributed by atoms with van der Waals surface area (Å²) in [4.78, 5) is 0. The van der Waals surface area contributed by atoms with Crippen molar-refractivity contribution in [3.8, 4) is 5.75 Å². The maximum absolute atomic E-state index is 12.8. The highest BCUT2D eigenvalue weighted by Gasteiger charge is 2.29. The maximum atomic E-state index is 12.8. The number of hydrogen-bond donors (Lipinski definition) is 0. The van der Waals surface area contributed by atoms with Gasteiger partial charge in [0.15, 0.2) is 0 Å². The smallest absolute Gasteiger partial charge is 0.123 e. The summed E-state index contributed by atoms with van der Waals surface area (Å²) in [5, 5.41) is 0.251. The van der Waals surface area contributed by atoms with Crippen LogP contribution in [0.5, 0.6) is 5.75 Å². The molecule has 0 unspecified atom stereocenters. The zero-order valence-corrected chi connectivity index (χ0v) is 8.72. The lowest BCUT2D eigenvalue weighted by Crippen LogP contribution is -2.34. The Balaban J connectivity index is 2.02. The van der Waals surface area contributed by atoms with Crippen molar-refractivity contribution in [2.24, 2.45) is 0 Å². The van der Waals surface area contributed by atoms with Gasteiger partial charge in [-0.3, -0.25) is 0 Å². The third-order valence-electron chi connectivity index (χ3n) is 2.47. The van der Waals surface area contributed by atoms with Crippen LogP contribution >= 0.6 is 11.6 Å². The molecule has 0 amide bonds. The van der Waals surface area contributed by atoms with Gasteiger partial charge in [-0.15, -0.1) is 11.6 Å². The third-order valence-corrected chi connectivity index (χ3v) is 2.82. The van der Waals surface area contributed by atoms with E-state index in [0.29, 0.717) is 0 Å². The Morgan fingerprint density at radius 3 is 2.71 bits per heavy atom.